The topological polar surface area (TPSA) is 0 Å². The fourth-order valence-electron chi connectivity index (χ4n) is 8.18. The van der Waals surface area contributed by atoms with Gasteiger partial charge in [0.2, 0.25) is 0 Å². The average molecular weight is 291 g/mol. The van der Waals surface area contributed by atoms with Gasteiger partial charge in [-0.15, -0.1) is 0 Å². The lowest BCUT2D eigenvalue weighted by atomic mass is 9.64. The van der Waals surface area contributed by atoms with E-state index in [4.69, 9.17) is 0 Å². The first-order valence-electron chi connectivity index (χ1n) is 9.47. The molecule has 5 saturated carbocycles. The summed E-state index contributed by atoms with van der Waals surface area (Å²) < 4.78 is 0. The highest BCUT2D eigenvalue weighted by Crippen LogP contribution is 2.73. The molecule has 8 atom stereocenters. The number of hydrogen-bond acceptors (Lipinski definition) is 1. The maximum absolute atomic E-state index is 4.37. The molecule has 0 amide bonds. The lowest BCUT2D eigenvalue weighted by Gasteiger charge is -2.40. The molecule has 0 spiro atoms. The van der Waals surface area contributed by atoms with Crippen LogP contribution in [0.15, 0.2) is 0 Å². The van der Waals surface area contributed by atoms with Gasteiger partial charge in [-0.25, -0.2) is 0 Å². The van der Waals surface area contributed by atoms with Crippen molar-refractivity contribution in [3.8, 4) is 0 Å². The van der Waals surface area contributed by atoms with Gasteiger partial charge in [-0.05, 0) is 104 Å². The van der Waals surface area contributed by atoms with Crippen molar-refractivity contribution in [3.05, 3.63) is 0 Å². The standard InChI is InChI=1S/C19H30S/c20-6-2-1-3-11-7-14-15(8-11)17-10-16(14)18-12-4-5-13(9-12)19(17)18/h11-20H,1-10H2. The summed E-state index contributed by atoms with van der Waals surface area (Å²) in [6.07, 6.45) is 14.1. The van der Waals surface area contributed by atoms with E-state index in [1.807, 2.05) is 0 Å². The van der Waals surface area contributed by atoms with Crippen molar-refractivity contribution in [2.75, 3.05) is 5.75 Å². The number of unbranched alkanes of at least 4 members (excludes halogenated alkanes) is 1. The van der Waals surface area contributed by atoms with E-state index >= 15 is 0 Å². The third kappa shape index (κ3) is 1.62. The molecule has 5 aliphatic rings. The second-order valence-electron chi connectivity index (χ2n) is 8.94. The summed E-state index contributed by atoms with van der Waals surface area (Å²) in [5.74, 6) is 11.8. The predicted octanol–water partition coefficient (Wildman–Crippen LogP) is 5.04. The minimum absolute atomic E-state index is 1.10. The van der Waals surface area contributed by atoms with Crippen molar-refractivity contribution in [1.82, 2.24) is 0 Å². The third-order valence-corrected chi connectivity index (χ3v) is 8.78. The van der Waals surface area contributed by atoms with Crippen LogP contribution in [0.1, 0.15) is 57.8 Å². The van der Waals surface area contributed by atoms with Crippen LogP contribution in [0.3, 0.4) is 0 Å². The van der Waals surface area contributed by atoms with Gasteiger partial charge in [0.05, 0.1) is 0 Å². The molecule has 112 valence electrons. The highest BCUT2D eigenvalue weighted by atomic mass is 32.1. The van der Waals surface area contributed by atoms with Crippen LogP contribution in [-0.2, 0) is 0 Å². The van der Waals surface area contributed by atoms with Gasteiger partial charge in [-0.3, -0.25) is 0 Å². The summed E-state index contributed by atoms with van der Waals surface area (Å²) in [7, 11) is 0. The average Bonchev–Trinajstić information content (AvgIpc) is 3.21. The van der Waals surface area contributed by atoms with Gasteiger partial charge in [0, 0.05) is 0 Å². The second kappa shape index (κ2) is 4.67. The van der Waals surface area contributed by atoms with E-state index < -0.39 is 0 Å². The Labute approximate surface area is 129 Å². The largest absolute Gasteiger partial charge is 0.179 e. The van der Waals surface area contributed by atoms with Crippen LogP contribution in [0.5, 0.6) is 0 Å². The summed E-state index contributed by atoms with van der Waals surface area (Å²) in [5, 5.41) is 0. The number of thiol groups is 1. The number of hydrogen-bond donors (Lipinski definition) is 1. The van der Waals surface area contributed by atoms with Crippen molar-refractivity contribution < 1.29 is 0 Å². The van der Waals surface area contributed by atoms with E-state index in [2.05, 4.69) is 12.6 Å². The minimum Gasteiger partial charge on any atom is -0.179 e. The Balaban J connectivity index is 1.30. The Morgan fingerprint density at radius 1 is 0.700 bits per heavy atom. The van der Waals surface area contributed by atoms with Crippen LogP contribution in [0.25, 0.3) is 0 Å². The summed E-state index contributed by atoms with van der Waals surface area (Å²) in [4.78, 5) is 0. The van der Waals surface area contributed by atoms with Gasteiger partial charge in [-0.2, -0.15) is 12.6 Å². The molecule has 5 fully saturated rings. The summed E-state index contributed by atoms with van der Waals surface area (Å²) in [6.45, 7) is 0. The molecule has 0 aliphatic heterocycles. The zero-order chi connectivity index (χ0) is 13.3. The number of fused-ring (bicyclic) bond motifs is 12. The Morgan fingerprint density at radius 2 is 1.35 bits per heavy atom. The van der Waals surface area contributed by atoms with E-state index in [9.17, 15) is 0 Å². The summed E-state index contributed by atoms with van der Waals surface area (Å²) in [5.41, 5.74) is 0. The fraction of sp³-hybridized carbons (Fsp3) is 1.00. The van der Waals surface area contributed by atoms with E-state index in [0.717, 1.165) is 11.7 Å². The second-order valence-corrected chi connectivity index (χ2v) is 9.38. The summed E-state index contributed by atoms with van der Waals surface area (Å²) in [6, 6.07) is 0. The predicted molar refractivity (Wildman–Crippen MR) is 86.8 cm³/mol. The van der Waals surface area contributed by atoms with Crippen LogP contribution < -0.4 is 0 Å². The maximum Gasteiger partial charge on any atom is -0.00979 e. The van der Waals surface area contributed by atoms with Gasteiger partial charge in [0.1, 0.15) is 0 Å². The Hall–Kier alpha value is 0.350. The first kappa shape index (κ1) is 12.9. The zero-order valence-corrected chi connectivity index (χ0v) is 13.6. The lowest BCUT2D eigenvalue weighted by Crippen LogP contribution is -2.35. The first-order valence-corrected chi connectivity index (χ1v) is 10.1. The molecule has 4 bridgehead atoms. The van der Waals surface area contributed by atoms with E-state index in [1.54, 1.807) is 38.5 Å². The van der Waals surface area contributed by atoms with E-state index in [0.29, 0.717) is 0 Å². The van der Waals surface area contributed by atoms with Gasteiger partial charge in [0.25, 0.3) is 0 Å². The molecule has 0 radical (unpaired) electrons. The van der Waals surface area contributed by atoms with Gasteiger partial charge < -0.3 is 0 Å². The monoisotopic (exact) mass is 290 g/mol. The van der Waals surface area contributed by atoms with Gasteiger partial charge in [-0.1, -0.05) is 12.8 Å². The van der Waals surface area contributed by atoms with Crippen LogP contribution in [0.4, 0.5) is 0 Å². The maximum atomic E-state index is 4.37. The highest BCUT2D eigenvalue weighted by Gasteiger charge is 2.66. The van der Waals surface area contributed by atoms with Gasteiger partial charge >= 0.3 is 0 Å². The smallest absolute Gasteiger partial charge is 0.00979 e. The van der Waals surface area contributed by atoms with Crippen LogP contribution in [-0.4, -0.2) is 5.75 Å². The molecule has 0 saturated heterocycles. The third-order valence-electron chi connectivity index (χ3n) is 8.46. The normalized spacial score (nSPS) is 58.4. The minimum atomic E-state index is 1.10. The van der Waals surface area contributed by atoms with Crippen LogP contribution >= 0.6 is 12.6 Å². The van der Waals surface area contributed by atoms with Crippen LogP contribution in [0.2, 0.25) is 0 Å². The molecule has 0 aromatic rings. The lowest BCUT2D eigenvalue weighted by molar-refractivity contribution is 0.0716. The van der Waals surface area contributed by atoms with Crippen molar-refractivity contribution in [2.24, 2.45) is 53.3 Å². The molecule has 20 heavy (non-hydrogen) atoms. The van der Waals surface area contributed by atoms with Crippen LogP contribution in [0, 0.1) is 53.3 Å². The van der Waals surface area contributed by atoms with Gasteiger partial charge in [0.15, 0.2) is 0 Å². The Bertz CT molecular complexity index is 361. The molecule has 8 unspecified atom stereocenters. The first-order chi connectivity index (χ1) is 9.86. The molecule has 5 aliphatic carbocycles. The van der Waals surface area contributed by atoms with E-state index in [1.165, 1.54) is 66.6 Å². The molecule has 1 heteroatoms. The molecular weight excluding hydrogens is 260 g/mol. The molecule has 0 aromatic heterocycles. The molecule has 5 rings (SSSR count). The molecule has 0 heterocycles. The molecule has 0 nitrogen and oxygen atoms in total. The zero-order valence-electron chi connectivity index (χ0n) is 12.7. The van der Waals surface area contributed by atoms with Crippen molar-refractivity contribution in [2.45, 2.75) is 57.8 Å². The highest BCUT2D eigenvalue weighted by molar-refractivity contribution is 7.80. The number of rotatable bonds is 4. The fourth-order valence-corrected chi connectivity index (χ4v) is 8.40. The summed E-state index contributed by atoms with van der Waals surface area (Å²) >= 11 is 4.37. The SMILES string of the molecule is SCCCCC1CC2C(C1)C1CC2C2C3CCC(C3)C12. The molecule has 0 aromatic carbocycles. The molecule has 0 N–H and O–H groups in total. The Morgan fingerprint density at radius 3 is 1.95 bits per heavy atom. The Kier molecular flexibility index (Phi) is 3.00. The van der Waals surface area contributed by atoms with E-state index in [-0.39, 0.29) is 0 Å². The van der Waals surface area contributed by atoms with Crippen molar-refractivity contribution in [1.29, 1.82) is 0 Å². The molecular formula is C19H30S. The van der Waals surface area contributed by atoms with Crippen molar-refractivity contribution in [3.63, 3.8) is 0 Å². The van der Waals surface area contributed by atoms with Crippen molar-refractivity contribution >= 4 is 12.6 Å². The quantitative estimate of drug-likeness (QED) is 0.418.